The van der Waals surface area contributed by atoms with Crippen LogP contribution in [-0.2, 0) is 6.18 Å². The average molecular weight is 387 g/mol. The van der Waals surface area contributed by atoms with Crippen molar-refractivity contribution in [3.05, 3.63) is 46.2 Å². The second-order valence-corrected chi connectivity index (χ2v) is 6.05. The van der Waals surface area contributed by atoms with Gasteiger partial charge in [0.05, 0.1) is 16.3 Å². The monoisotopic (exact) mass is 386 g/mol. The third kappa shape index (κ3) is 5.32. The van der Waals surface area contributed by atoms with Crippen LogP contribution in [0.15, 0.2) is 24.3 Å². The van der Waals surface area contributed by atoms with Crippen LogP contribution in [0.4, 0.5) is 24.8 Å². The molecule has 0 fully saturated rings. The van der Waals surface area contributed by atoms with E-state index in [1.807, 2.05) is 6.92 Å². The summed E-state index contributed by atoms with van der Waals surface area (Å²) in [6.07, 6.45) is -2.73. The van der Waals surface area contributed by atoms with E-state index in [1.54, 1.807) is 6.92 Å². The van der Waals surface area contributed by atoms with Crippen LogP contribution in [0, 0.1) is 6.92 Å². The highest BCUT2D eigenvalue weighted by Gasteiger charge is 2.31. The largest absolute Gasteiger partial charge is 0.416 e. The van der Waals surface area contributed by atoms with Gasteiger partial charge < -0.3 is 10.6 Å². The first kappa shape index (κ1) is 20.0. The Labute approximate surface area is 154 Å². The molecule has 1 heterocycles. The van der Waals surface area contributed by atoms with Gasteiger partial charge in [0.25, 0.3) is 5.91 Å². The van der Waals surface area contributed by atoms with Gasteiger partial charge in [-0.2, -0.15) is 13.2 Å². The van der Waals surface area contributed by atoms with Gasteiger partial charge in [0, 0.05) is 12.2 Å². The van der Waals surface area contributed by atoms with Gasteiger partial charge >= 0.3 is 6.18 Å². The Morgan fingerprint density at radius 1 is 1.23 bits per heavy atom. The summed E-state index contributed by atoms with van der Waals surface area (Å²) in [5, 5.41) is 5.46. The molecule has 0 aliphatic rings. The molecule has 1 amide bonds. The summed E-state index contributed by atoms with van der Waals surface area (Å²) in [5.74, 6) is -0.381. The van der Waals surface area contributed by atoms with Crippen LogP contribution in [0.25, 0.3) is 0 Å². The Morgan fingerprint density at radius 2 is 1.96 bits per heavy atom. The van der Waals surface area contributed by atoms with Crippen molar-refractivity contribution in [2.75, 3.05) is 11.9 Å². The van der Waals surface area contributed by atoms with E-state index in [4.69, 9.17) is 11.6 Å². The Kier molecular flexibility index (Phi) is 6.42. The van der Waals surface area contributed by atoms with Gasteiger partial charge in [0.1, 0.15) is 5.69 Å². The van der Waals surface area contributed by atoms with Gasteiger partial charge in [-0.15, -0.1) is 0 Å². The molecule has 0 saturated heterocycles. The number of nitrogens with zero attached hydrogens (tertiary/aromatic N) is 2. The Hall–Kier alpha value is -2.35. The molecule has 140 valence electrons. The zero-order valence-electron chi connectivity index (χ0n) is 14.2. The quantitative estimate of drug-likeness (QED) is 0.704. The number of carbonyl (C=O) groups is 1. The maximum atomic E-state index is 12.9. The Bertz CT molecular complexity index is 796. The molecule has 0 saturated carbocycles. The van der Waals surface area contributed by atoms with Gasteiger partial charge in [0.2, 0.25) is 5.95 Å². The Balaban J connectivity index is 2.26. The Morgan fingerprint density at radius 3 is 2.62 bits per heavy atom. The minimum Gasteiger partial charge on any atom is -0.351 e. The predicted octanol–water partition coefficient (Wildman–Crippen LogP) is 4.73. The fourth-order valence-electron chi connectivity index (χ4n) is 2.13. The summed E-state index contributed by atoms with van der Waals surface area (Å²) >= 11 is 5.96. The number of nitrogens with one attached hydrogen (secondary N) is 2. The zero-order chi connectivity index (χ0) is 19.3. The van der Waals surface area contributed by atoms with Crippen molar-refractivity contribution >= 4 is 29.1 Å². The fourth-order valence-corrected chi connectivity index (χ4v) is 2.29. The number of anilines is 2. The summed E-state index contributed by atoms with van der Waals surface area (Å²) in [5.41, 5.74) is -0.232. The first-order chi connectivity index (χ1) is 12.2. The number of aryl methyl sites for hydroxylation is 1. The van der Waals surface area contributed by atoms with Crippen LogP contribution in [0.3, 0.4) is 0 Å². The summed E-state index contributed by atoms with van der Waals surface area (Å²) in [4.78, 5) is 20.3. The molecule has 0 spiro atoms. The van der Waals surface area contributed by atoms with E-state index in [-0.39, 0.29) is 28.3 Å². The first-order valence-corrected chi connectivity index (χ1v) is 8.36. The summed E-state index contributed by atoms with van der Waals surface area (Å²) in [6.45, 7) is 4.17. The number of rotatable bonds is 6. The van der Waals surface area contributed by atoms with Crippen LogP contribution in [0.2, 0.25) is 5.02 Å². The smallest absolute Gasteiger partial charge is 0.351 e. The van der Waals surface area contributed by atoms with Gasteiger partial charge in [-0.25, -0.2) is 9.97 Å². The molecule has 26 heavy (non-hydrogen) atoms. The minimum atomic E-state index is -4.50. The molecular weight excluding hydrogens is 369 g/mol. The number of hydrogen-bond donors (Lipinski definition) is 2. The van der Waals surface area contributed by atoms with Gasteiger partial charge in [-0.1, -0.05) is 24.9 Å². The minimum absolute atomic E-state index is 0.00410. The molecule has 0 aliphatic heterocycles. The third-order valence-corrected chi connectivity index (χ3v) is 3.77. The van der Waals surface area contributed by atoms with Crippen molar-refractivity contribution < 1.29 is 18.0 Å². The van der Waals surface area contributed by atoms with Crippen molar-refractivity contribution in [1.29, 1.82) is 0 Å². The number of amides is 1. The van der Waals surface area contributed by atoms with E-state index in [0.29, 0.717) is 12.2 Å². The molecule has 5 nitrogen and oxygen atoms in total. The second kappa shape index (κ2) is 8.35. The van der Waals surface area contributed by atoms with Crippen molar-refractivity contribution in [3.63, 3.8) is 0 Å². The molecule has 0 radical (unpaired) electrons. The lowest BCUT2D eigenvalue weighted by atomic mass is 10.2. The van der Waals surface area contributed by atoms with E-state index in [9.17, 15) is 18.0 Å². The standard InChI is InChI=1S/C17H18ClF3N4O/c1-3-4-7-22-15(26)14-8-10(2)23-16(25-14)24-13-9-11(17(19,20)21)5-6-12(13)18/h5-6,8-9H,3-4,7H2,1-2H3,(H,22,26)(H,23,24,25). The maximum absolute atomic E-state index is 12.9. The molecule has 0 bridgehead atoms. The fraction of sp³-hybridized carbons (Fsp3) is 0.353. The van der Waals surface area contributed by atoms with Crippen molar-refractivity contribution in [2.45, 2.75) is 32.9 Å². The normalized spacial score (nSPS) is 11.3. The van der Waals surface area contributed by atoms with E-state index in [1.165, 1.54) is 6.07 Å². The molecular formula is C17H18ClF3N4O. The van der Waals surface area contributed by atoms with Gasteiger partial charge in [-0.3, -0.25) is 4.79 Å². The predicted molar refractivity (Wildman–Crippen MR) is 93.7 cm³/mol. The number of halogens is 4. The number of alkyl halides is 3. The van der Waals surface area contributed by atoms with Crippen molar-refractivity contribution in [2.24, 2.45) is 0 Å². The van der Waals surface area contributed by atoms with Crippen molar-refractivity contribution in [3.8, 4) is 0 Å². The number of hydrogen-bond acceptors (Lipinski definition) is 4. The topological polar surface area (TPSA) is 66.9 Å². The van der Waals surface area contributed by atoms with Crippen molar-refractivity contribution in [1.82, 2.24) is 15.3 Å². The van der Waals surface area contributed by atoms with E-state index in [2.05, 4.69) is 20.6 Å². The van der Waals surface area contributed by atoms with Crippen LogP contribution < -0.4 is 10.6 Å². The molecule has 1 aromatic heterocycles. The highest BCUT2D eigenvalue weighted by molar-refractivity contribution is 6.33. The molecule has 0 aliphatic carbocycles. The lowest BCUT2D eigenvalue weighted by Crippen LogP contribution is -2.25. The molecule has 9 heteroatoms. The van der Waals surface area contributed by atoms with Crippen LogP contribution in [0.1, 0.15) is 41.5 Å². The van der Waals surface area contributed by atoms with Gasteiger partial charge in [0.15, 0.2) is 0 Å². The number of benzene rings is 1. The first-order valence-electron chi connectivity index (χ1n) is 7.98. The second-order valence-electron chi connectivity index (χ2n) is 5.65. The number of unbranched alkanes of at least 4 members (excludes halogenated alkanes) is 1. The molecule has 2 aromatic rings. The lowest BCUT2D eigenvalue weighted by Gasteiger charge is -2.12. The van der Waals surface area contributed by atoms with Gasteiger partial charge in [-0.05, 0) is 37.6 Å². The maximum Gasteiger partial charge on any atom is 0.416 e. The SMILES string of the molecule is CCCCNC(=O)c1cc(C)nc(Nc2cc(C(F)(F)F)ccc2Cl)n1. The van der Waals surface area contributed by atoms with Crippen LogP contribution >= 0.6 is 11.6 Å². The summed E-state index contributed by atoms with van der Waals surface area (Å²) < 4.78 is 38.6. The van der Waals surface area contributed by atoms with Crippen LogP contribution in [0.5, 0.6) is 0 Å². The molecule has 2 N–H and O–H groups in total. The van der Waals surface area contributed by atoms with E-state index >= 15 is 0 Å². The highest BCUT2D eigenvalue weighted by Crippen LogP contribution is 2.34. The van der Waals surface area contributed by atoms with Crippen LogP contribution in [-0.4, -0.2) is 22.4 Å². The zero-order valence-corrected chi connectivity index (χ0v) is 15.0. The third-order valence-electron chi connectivity index (χ3n) is 3.44. The summed E-state index contributed by atoms with van der Waals surface area (Å²) in [7, 11) is 0. The molecule has 2 rings (SSSR count). The molecule has 0 atom stereocenters. The number of aromatic nitrogens is 2. The molecule has 0 unspecified atom stereocenters. The van der Waals surface area contributed by atoms with E-state index in [0.717, 1.165) is 31.0 Å². The number of carbonyl (C=O) groups excluding carboxylic acids is 1. The molecule has 1 aromatic carbocycles. The lowest BCUT2D eigenvalue weighted by molar-refractivity contribution is -0.137. The summed E-state index contributed by atoms with van der Waals surface area (Å²) in [6, 6.07) is 4.40. The highest BCUT2D eigenvalue weighted by atomic mass is 35.5. The average Bonchev–Trinajstić information content (AvgIpc) is 2.55. The van der Waals surface area contributed by atoms with E-state index < -0.39 is 11.7 Å².